The van der Waals surface area contributed by atoms with E-state index in [-0.39, 0.29) is 0 Å². The van der Waals surface area contributed by atoms with E-state index in [1.807, 2.05) is 0 Å². The van der Waals surface area contributed by atoms with Crippen molar-refractivity contribution in [1.29, 1.82) is 0 Å². The minimum absolute atomic E-state index is 0.459. The molecule has 0 saturated carbocycles. The number of hydrogen-bond acceptors (Lipinski definition) is 0. The van der Waals surface area contributed by atoms with Crippen molar-refractivity contribution in [2.75, 3.05) is 0 Å². The van der Waals surface area contributed by atoms with Crippen LogP contribution in [-0.4, -0.2) is 14.8 Å². The lowest BCUT2D eigenvalue weighted by Crippen LogP contribution is -2.05. The van der Waals surface area contributed by atoms with Crippen LogP contribution in [0.1, 0.15) is 27.2 Å². The van der Waals surface area contributed by atoms with Gasteiger partial charge in [-0.1, -0.05) is 27.2 Å². The van der Waals surface area contributed by atoms with E-state index >= 15 is 0 Å². The third-order valence-electron chi connectivity index (χ3n) is 1.48. The molecule has 0 heterocycles. The first kappa shape index (κ1) is 8.09. The molecule has 0 aliphatic heterocycles. The van der Waals surface area contributed by atoms with Gasteiger partial charge in [-0.3, -0.25) is 0 Å². The van der Waals surface area contributed by atoms with E-state index in [4.69, 9.17) is 0 Å². The Bertz CT molecular complexity index is 82.4. The normalized spacial score (nSPS) is 13.0. The highest BCUT2D eigenvalue weighted by Crippen LogP contribution is 2.23. The summed E-state index contributed by atoms with van der Waals surface area (Å²) in [6, 6.07) is 0. The molecule has 0 aromatic heterocycles. The van der Waals surface area contributed by atoms with E-state index in [0.29, 0.717) is 14.2 Å². The van der Waals surface area contributed by atoms with Crippen LogP contribution in [0.4, 0.5) is 0 Å². The van der Waals surface area contributed by atoms with Crippen molar-refractivity contribution >= 4 is 14.8 Å². The van der Waals surface area contributed by atoms with Gasteiger partial charge in [-0.25, -0.2) is 0 Å². The van der Waals surface area contributed by atoms with E-state index in [2.05, 4.69) is 33.4 Å². The maximum Gasteiger partial charge on any atom is -0.00585 e. The van der Waals surface area contributed by atoms with Gasteiger partial charge in [0.05, 0.1) is 0 Å². The SMILES string of the molecule is [CH2]C=[SiH]C(C)(C)CC. The van der Waals surface area contributed by atoms with Crippen molar-refractivity contribution in [3.8, 4) is 0 Å². The summed E-state index contributed by atoms with van der Waals surface area (Å²) in [4.78, 5) is 0. The van der Waals surface area contributed by atoms with Crippen molar-refractivity contribution in [1.82, 2.24) is 0 Å². The molecule has 0 fully saturated rings. The van der Waals surface area contributed by atoms with Crippen LogP contribution in [-0.2, 0) is 0 Å². The molecule has 0 unspecified atom stereocenters. The minimum atomic E-state index is 0.459. The van der Waals surface area contributed by atoms with E-state index in [0.717, 1.165) is 0 Å². The molecule has 0 nitrogen and oxygen atoms in total. The minimum Gasteiger partial charge on any atom is -0.106 e. The zero-order chi connectivity index (χ0) is 6.62. The average Bonchev–Trinajstić information content (AvgIpc) is 1.67. The molecule has 0 aliphatic rings. The van der Waals surface area contributed by atoms with Gasteiger partial charge in [-0.05, 0) is 21.1 Å². The molecule has 0 N–H and O–H groups in total. The first-order valence-corrected chi connectivity index (χ1v) is 4.33. The fourth-order valence-corrected chi connectivity index (χ4v) is 1.31. The predicted octanol–water partition coefficient (Wildman–Crippen LogP) is 1.67. The van der Waals surface area contributed by atoms with E-state index < -0.39 is 0 Å². The van der Waals surface area contributed by atoms with Crippen molar-refractivity contribution in [2.45, 2.75) is 32.2 Å². The van der Waals surface area contributed by atoms with Gasteiger partial charge in [0.25, 0.3) is 0 Å². The molecule has 1 heteroatoms. The van der Waals surface area contributed by atoms with Crippen LogP contribution in [0.25, 0.3) is 0 Å². The van der Waals surface area contributed by atoms with Crippen LogP contribution in [0.5, 0.6) is 0 Å². The average molecular weight is 127 g/mol. The standard InChI is InChI=1S/C7H15Si/c1-5-7(3,4)8-6-2/h6,8H,2,5H2,1,3-4H3. The molecule has 0 aromatic rings. The quantitative estimate of drug-likeness (QED) is 0.495. The third kappa shape index (κ3) is 3.14. The second kappa shape index (κ2) is 3.18. The summed E-state index contributed by atoms with van der Waals surface area (Å²) < 4.78 is 0. The summed E-state index contributed by atoms with van der Waals surface area (Å²) >= 11 is 0. The lowest BCUT2D eigenvalue weighted by molar-refractivity contribution is 0.652. The van der Waals surface area contributed by atoms with Crippen LogP contribution in [0.2, 0.25) is 5.04 Å². The highest BCUT2D eigenvalue weighted by Gasteiger charge is 2.08. The van der Waals surface area contributed by atoms with Gasteiger partial charge in [0, 0.05) is 0 Å². The van der Waals surface area contributed by atoms with Crippen LogP contribution in [0.3, 0.4) is 0 Å². The van der Waals surface area contributed by atoms with Crippen molar-refractivity contribution < 1.29 is 0 Å². The molecule has 0 saturated heterocycles. The summed E-state index contributed by atoms with van der Waals surface area (Å²) in [7, 11) is 0.459. The lowest BCUT2D eigenvalue weighted by atomic mass is 10.1. The third-order valence-corrected chi connectivity index (χ3v) is 3.03. The van der Waals surface area contributed by atoms with Crippen molar-refractivity contribution in [3.63, 3.8) is 0 Å². The highest BCUT2D eigenvalue weighted by atomic mass is 28.2. The van der Waals surface area contributed by atoms with Gasteiger partial charge in [-0.15, -0.1) is 5.67 Å². The first-order valence-electron chi connectivity index (χ1n) is 3.09. The Hall–Kier alpha value is 0.0869. The number of rotatable bonds is 2. The maximum absolute atomic E-state index is 3.73. The fraction of sp³-hybridized carbons (Fsp3) is 0.714. The molecule has 0 aromatic carbocycles. The van der Waals surface area contributed by atoms with Gasteiger partial charge in [0.1, 0.15) is 0 Å². The summed E-state index contributed by atoms with van der Waals surface area (Å²) in [6.45, 7) is 10.6. The molecule has 0 atom stereocenters. The van der Waals surface area contributed by atoms with Gasteiger partial charge >= 0.3 is 0 Å². The molecule has 0 aliphatic carbocycles. The summed E-state index contributed by atoms with van der Waals surface area (Å²) in [6.07, 6.45) is 1.27. The van der Waals surface area contributed by atoms with Gasteiger partial charge in [0.2, 0.25) is 0 Å². The maximum atomic E-state index is 3.73. The Morgan fingerprint density at radius 3 is 2.25 bits per heavy atom. The molecule has 1 radical (unpaired) electrons. The Morgan fingerprint density at radius 1 is 1.62 bits per heavy atom. The van der Waals surface area contributed by atoms with Crippen LogP contribution >= 0.6 is 0 Å². The molecule has 0 amide bonds. The monoisotopic (exact) mass is 127 g/mol. The zero-order valence-corrected chi connectivity index (χ0v) is 7.22. The van der Waals surface area contributed by atoms with Crippen LogP contribution in [0, 0.1) is 6.92 Å². The van der Waals surface area contributed by atoms with Gasteiger partial charge < -0.3 is 0 Å². The largest absolute Gasteiger partial charge is 0.106 e. The van der Waals surface area contributed by atoms with E-state index in [1.54, 1.807) is 0 Å². The van der Waals surface area contributed by atoms with Crippen LogP contribution in [0.15, 0.2) is 0 Å². The fourth-order valence-electron chi connectivity index (χ4n) is 0.437. The summed E-state index contributed by atoms with van der Waals surface area (Å²) in [5.41, 5.74) is 2.07. The van der Waals surface area contributed by atoms with Gasteiger partial charge in [0.15, 0.2) is 0 Å². The smallest absolute Gasteiger partial charge is 0.00585 e. The predicted molar refractivity (Wildman–Crippen MR) is 42.9 cm³/mol. The van der Waals surface area contributed by atoms with Crippen molar-refractivity contribution in [2.24, 2.45) is 0 Å². The molecule has 0 rings (SSSR count). The lowest BCUT2D eigenvalue weighted by Gasteiger charge is -2.15. The van der Waals surface area contributed by atoms with E-state index in [1.165, 1.54) is 6.42 Å². The number of hydrogen-bond donors (Lipinski definition) is 0. The second-order valence-corrected chi connectivity index (χ2v) is 5.11. The Kier molecular flexibility index (Phi) is 3.21. The zero-order valence-electron chi connectivity index (χ0n) is 6.07. The second-order valence-electron chi connectivity index (χ2n) is 2.74. The Labute approximate surface area is 54.7 Å². The summed E-state index contributed by atoms with van der Waals surface area (Å²) in [5, 5.41) is 0.557. The van der Waals surface area contributed by atoms with Gasteiger partial charge in [-0.2, -0.15) is 0 Å². The molecular weight excluding hydrogens is 112 g/mol. The topological polar surface area (TPSA) is 0 Å². The highest BCUT2D eigenvalue weighted by molar-refractivity contribution is 6.50. The molecule has 8 heavy (non-hydrogen) atoms. The molecule has 0 spiro atoms. The summed E-state index contributed by atoms with van der Waals surface area (Å²) in [5.74, 6) is 0. The van der Waals surface area contributed by atoms with Crippen LogP contribution < -0.4 is 0 Å². The van der Waals surface area contributed by atoms with E-state index in [9.17, 15) is 0 Å². The molecule has 47 valence electrons. The molecular formula is C7H15Si. The van der Waals surface area contributed by atoms with Crippen molar-refractivity contribution in [3.05, 3.63) is 6.92 Å². The Morgan fingerprint density at radius 2 is 2.12 bits per heavy atom. The Balaban J connectivity index is 3.71. The molecule has 0 bridgehead atoms. The first-order chi connectivity index (χ1) is 3.62.